The summed E-state index contributed by atoms with van der Waals surface area (Å²) < 4.78 is 61.3. The van der Waals surface area contributed by atoms with Crippen LogP contribution in [0.25, 0.3) is 0 Å². The summed E-state index contributed by atoms with van der Waals surface area (Å²) in [6.45, 7) is 2.37. The Hall–Kier alpha value is -5.35. The minimum Gasteiger partial charge on any atom is -0.463 e. The van der Waals surface area contributed by atoms with Gasteiger partial charge in [0.2, 0.25) is 0 Å². The molecule has 0 saturated carbocycles. The highest BCUT2D eigenvalue weighted by Gasteiger charge is 2.29. The number of ether oxygens (including phenoxy) is 3. The normalized spacial score (nSPS) is 14.6. The van der Waals surface area contributed by atoms with Crippen LogP contribution >= 0.6 is 15.6 Å². The molecule has 668 valence electrons. The van der Waals surface area contributed by atoms with E-state index in [1.54, 1.807) is 0 Å². The summed E-state index contributed by atoms with van der Waals surface area (Å²) in [7, 11) is -9.84. The van der Waals surface area contributed by atoms with Crippen molar-refractivity contribution in [2.45, 2.75) is 386 Å². The first kappa shape index (κ1) is 112. The van der Waals surface area contributed by atoms with Crippen molar-refractivity contribution in [1.29, 1.82) is 0 Å². The van der Waals surface area contributed by atoms with Crippen molar-refractivity contribution >= 4 is 33.6 Å². The lowest BCUT2D eigenvalue weighted by molar-refractivity contribution is -0.161. The first-order valence-electron chi connectivity index (χ1n) is 46.1. The monoisotopic (exact) mass is 1670 g/mol. The number of aliphatic hydroxyl groups excluding tert-OH is 2. The van der Waals surface area contributed by atoms with Gasteiger partial charge < -0.3 is 34.2 Å². The van der Waals surface area contributed by atoms with Crippen LogP contribution in [0.3, 0.4) is 0 Å². The molecule has 117 heavy (non-hydrogen) atoms. The third kappa shape index (κ3) is 91.2. The van der Waals surface area contributed by atoms with Gasteiger partial charge in [-0.05, 0) is 148 Å². The zero-order chi connectivity index (χ0) is 85.1. The van der Waals surface area contributed by atoms with Gasteiger partial charge in [-0.15, -0.1) is 0 Å². The van der Waals surface area contributed by atoms with Crippen LogP contribution in [-0.4, -0.2) is 95.9 Å². The zero-order valence-electron chi connectivity index (χ0n) is 73.6. The van der Waals surface area contributed by atoms with Crippen LogP contribution in [0, 0.1) is 0 Å². The highest BCUT2D eigenvalue weighted by molar-refractivity contribution is 7.47. The summed E-state index contributed by atoms with van der Waals surface area (Å²) in [6.07, 6.45) is 118. The second-order valence-corrected chi connectivity index (χ2v) is 33.2. The summed E-state index contributed by atoms with van der Waals surface area (Å²) >= 11 is 0. The van der Waals surface area contributed by atoms with E-state index >= 15 is 0 Å². The predicted molar refractivity (Wildman–Crippen MR) is 491 cm³/mol. The van der Waals surface area contributed by atoms with Gasteiger partial charge in [-0.3, -0.25) is 32.5 Å². The molecule has 5 unspecified atom stereocenters. The Morgan fingerprint density at radius 1 is 0.248 bits per heavy atom. The van der Waals surface area contributed by atoms with Gasteiger partial charge in [-0.1, -0.05) is 383 Å². The fourth-order valence-electron chi connectivity index (χ4n) is 12.2. The molecule has 0 bridgehead atoms. The van der Waals surface area contributed by atoms with E-state index in [0.29, 0.717) is 25.7 Å². The molecule has 0 aliphatic rings. The lowest BCUT2D eigenvalue weighted by atomic mass is 10.0. The average molecular weight is 1670 g/mol. The number of allylic oxidation sites excluding steroid dienone is 30. The summed E-state index contributed by atoms with van der Waals surface area (Å²) in [5.74, 6) is -1.67. The van der Waals surface area contributed by atoms with Crippen LogP contribution in [0.2, 0.25) is 0 Å². The SMILES string of the molecule is CC/C=C\C/C=C\C/C=C\C/C=C\C/C=C\C/C=C\CCC(=O)OC(COC(=O)CCCCCCCCCCCCCCCCC/C=C\C/C=C\C/C=C\C/C=C\CCCCC)COP(=O)(O)OCC(O)COP(=O)(O)OCC(O)COC(=O)CCCCCCCCCCCCCCCCC/C=C\C/C=C\C/C=C\C/C=C\C/C=C\CC. The number of carbonyl (C=O) groups is 3. The Morgan fingerprint density at radius 2 is 0.470 bits per heavy atom. The quantitative estimate of drug-likeness (QED) is 0.0146. The van der Waals surface area contributed by atoms with Crippen molar-refractivity contribution < 1.29 is 75.8 Å². The standard InChI is InChI=1S/C99H166O16P2/c1-4-7-10-13-16-19-22-25-28-31-34-36-38-40-42-44-46-48-50-52-54-56-59-61-64-67-70-73-76-79-82-85-97(102)109-88-94(100)89-111-116(105,106)112-90-95(101)91-113-117(107,108)114-93-96(115-99(104)87-84-81-78-75-72-69-66-63-58-33-30-27-24-21-18-15-12-9-6-3)92-110-98(103)86-83-80-77-74-71-68-65-62-60-57-55-53-51-49-47-45-43-41-39-37-35-32-29-26-23-20-17-14-11-8-5-2/h7,9-10,12,16-21,25-30,34-37,40-43,58,63,69,72,78,81,94-96,100-101H,4-6,8,11,13-15,22-24,31-33,38-39,44-57,59-62,64-68,70-71,73-77,79-80,82-93H2,1-3H3,(H,105,106)(H,107,108)/b10-7-,12-9-,19-16-,20-17-,21-18-,28-25-,29-26-,30-27-,36-34-,37-35-,42-40-,43-41-,63-58-,72-69-,81-78-. The van der Waals surface area contributed by atoms with Gasteiger partial charge in [0.05, 0.1) is 26.4 Å². The van der Waals surface area contributed by atoms with Crippen molar-refractivity contribution in [2.75, 3.05) is 39.6 Å². The molecular weight excluding hydrogens is 1510 g/mol. The number of hydrogen-bond donors (Lipinski definition) is 4. The van der Waals surface area contributed by atoms with Crippen molar-refractivity contribution in [3.8, 4) is 0 Å². The fraction of sp³-hybridized carbons (Fsp3) is 0.667. The van der Waals surface area contributed by atoms with E-state index in [0.717, 1.165) is 128 Å². The molecule has 0 aromatic carbocycles. The Morgan fingerprint density at radius 3 is 0.752 bits per heavy atom. The van der Waals surface area contributed by atoms with E-state index in [-0.39, 0.29) is 19.3 Å². The summed E-state index contributed by atoms with van der Waals surface area (Å²) in [5, 5.41) is 20.7. The minimum atomic E-state index is -4.96. The van der Waals surface area contributed by atoms with E-state index in [1.165, 1.54) is 173 Å². The first-order valence-corrected chi connectivity index (χ1v) is 49.1. The molecule has 0 rings (SSSR count). The van der Waals surface area contributed by atoms with Crippen molar-refractivity contribution in [2.24, 2.45) is 0 Å². The number of esters is 3. The fourth-order valence-corrected chi connectivity index (χ4v) is 13.8. The molecule has 0 amide bonds. The molecule has 0 heterocycles. The summed E-state index contributed by atoms with van der Waals surface area (Å²) in [6, 6.07) is 0. The Bertz CT molecular complexity index is 2860. The van der Waals surface area contributed by atoms with Crippen molar-refractivity contribution in [3.05, 3.63) is 182 Å². The van der Waals surface area contributed by atoms with Crippen LogP contribution in [0.4, 0.5) is 0 Å². The molecule has 5 atom stereocenters. The molecule has 0 radical (unpaired) electrons. The van der Waals surface area contributed by atoms with Gasteiger partial charge in [-0.2, -0.15) is 0 Å². The van der Waals surface area contributed by atoms with Crippen LogP contribution < -0.4 is 0 Å². The molecule has 18 heteroatoms. The highest BCUT2D eigenvalue weighted by Crippen LogP contribution is 2.45. The summed E-state index contributed by atoms with van der Waals surface area (Å²) in [4.78, 5) is 58.9. The molecule has 4 N–H and O–H groups in total. The largest absolute Gasteiger partial charge is 0.472 e. The Balaban J connectivity index is 4.59. The highest BCUT2D eigenvalue weighted by atomic mass is 31.2. The third-order valence-corrected chi connectivity index (χ3v) is 21.0. The number of aliphatic hydroxyl groups is 2. The van der Waals surface area contributed by atoms with E-state index in [1.807, 2.05) is 18.2 Å². The topological polar surface area (TPSA) is 231 Å². The number of phosphoric ester groups is 2. The number of unbranched alkanes of at least 4 members (excludes halogenated alkanes) is 33. The van der Waals surface area contributed by atoms with Crippen LogP contribution in [0.15, 0.2) is 182 Å². The first-order chi connectivity index (χ1) is 57.2. The van der Waals surface area contributed by atoms with Crippen LogP contribution in [0.1, 0.15) is 367 Å². The molecular formula is C99H166O16P2. The van der Waals surface area contributed by atoms with E-state index in [2.05, 4.69) is 185 Å². The molecule has 0 saturated heterocycles. The number of phosphoric acid groups is 2. The van der Waals surface area contributed by atoms with Gasteiger partial charge >= 0.3 is 33.6 Å². The van der Waals surface area contributed by atoms with Crippen LogP contribution in [0.5, 0.6) is 0 Å². The van der Waals surface area contributed by atoms with Gasteiger partial charge in [0.1, 0.15) is 25.4 Å². The van der Waals surface area contributed by atoms with Gasteiger partial charge in [0, 0.05) is 19.3 Å². The van der Waals surface area contributed by atoms with Gasteiger partial charge in [0.25, 0.3) is 0 Å². The number of carbonyl (C=O) groups excluding carboxylic acids is 3. The zero-order valence-corrected chi connectivity index (χ0v) is 75.4. The second-order valence-electron chi connectivity index (χ2n) is 30.3. The lowest BCUT2D eigenvalue weighted by Gasteiger charge is -2.21. The predicted octanol–water partition coefficient (Wildman–Crippen LogP) is 28.4. The maximum Gasteiger partial charge on any atom is 0.472 e. The number of rotatable bonds is 86. The molecule has 0 aromatic rings. The van der Waals surface area contributed by atoms with Crippen molar-refractivity contribution in [1.82, 2.24) is 0 Å². The second kappa shape index (κ2) is 89.9. The minimum absolute atomic E-state index is 0.0248. The third-order valence-electron chi connectivity index (χ3n) is 19.1. The maximum atomic E-state index is 13.0. The Kier molecular flexibility index (Phi) is 85.8. The molecule has 16 nitrogen and oxygen atoms in total. The van der Waals surface area contributed by atoms with Crippen molar-refractivity contribution in [3.63, 3.8) is 0 Å². The van der Waals surface area contributed by atoms with Gasteiger partial charge in [-0.25, -0.2) is 9.13 Å². The van der Waals surface area contributed by atoms with Gasteiger partial charge in [0.15, 0.2) is 6.10 Å². The van der Waals surface area contributed by atoms with E-state index in [9.17, 15) is 43.5 Å². The summed E-state index contributed by atoms with van der Waals surface area (Å²) in [5.41, 5.74) is 0. The molecule has 0 fully saturated rings. The molecule has 0 aliphatic carbocycles. The molecule has 0 aliphatic heterocycles. The molecule has 0 aromatic heterocycles. The maximum absolute atomic E-state index is 13.0. The smallest absolute Gasteiger partial charge is 0.463 e. The number of hydrogen-bond acceptors (Lipinski definition) is 14. The lowest BCUT2D eigenvalue weighted by Crippen LogP contribution is -2.29. The van der Waals surface area contributed by atoms with E-state index in [4.69, 9.17) is 32.3 Å². The van der Waals surface area contributed by atoms with E-state index < -0.39 is 91.5 Å². The molecule has 0 spiro atoms. The Labute approximate surface area is 713 Å². The van der Waals surface area contributed by atoms with Crippen LogP contribution in [-0.2, 0) is 55.8 Å². The average Bonchev–Trinajstić information content (AvgIpc) is 0.898.